The summed E-state index contributed by atoms with van der Waals surface area (Å²) >= 11 is 0. The molecule has 2 amide bonds. The van der Waals surface area contributed by atoms with E-state index in [4.69, 9.17) is 4.42 Å². The molecule has 150 valence electrons. The van der Waals surface area contributed by atoms with E-state index in [1.165, 1.54) is 12.1 Å². The Balaban J connectivity index is 1.34. The van der Waals surface area contributed by atoms with Gasteiger partial charge in [0, 0.05) is 19.6 Å². The Kier molecular flexibility index (Phi) is 5.84. The summed E-state index contributed by atoms with van der Waals surface area (Å²) in [4.78, 5) is 14.3. The van der Waals surface area contributed by atoms with Crippen molar-refractivity contribution in [2.75, 3.05) is 13.1 Å². The van der Waals surface area contributed by atoms with Gasteiger partial charge in [-0.2, -0.15) is 0 Å². The Labute approximate surface area is 168 Å². The normalized spacial score (nSPS) is 16.6. The monoisotopic (exact) mass is 394 g/mol. The number of benzene rings is 2. The molecule has 2 heterocycles. The van der Waals surface area contributed by atoms with Crippen molar-refractivity contribution >= 4 is 6.03 Å². The number of carbonyl (C=O) groups excluding carboxylic acids is 1. The van der Waals surface area contributed by atoms with Gasteiger partial charge >= 0.3 is 6.03 Å². The lowest BCUT2D eigenvalue weighted by molar-refractivity contribution is 0.173. The highest BCUT2D eigenvalue weighted by molar-refractivity contribution is 5.74. The van der Waals surface area contributed by atoms with Gasteiger partial charge in [0.25, 0.3) is 0 Å². The number of nitrogens with one attached hydrogen (secondary N) is 1. The maximum Gasteiger partial charge on any atom is 0.317 e. The molecule has 1 aliphatic heterocycles. The van der Waals surface area contributed by atoms with E-state index in [0.717, 1.165) is 24.0 Å². The molecule has 1 fully saturated rings. The molecule has 0 aliphatic carbocycles. The standard InChI is InChI=1S/C22H23FN4O2/c23-19-10-8-16(9-11-19)13-20-25-26-21(29-20)18-7-4-12-27(15-18)22(28)24-14-17-5-2-1-3-6-17/h1-3,5-6,8-11,18H,4,7,12-15H2,(H,24,28). The highest BCUT2D eigenvalue weighted by Crippen LogP contribution is 2.26. The van der Waals surface area contributed by atoms with Gasteiger partial charge in [0.1, 0.15) is 5.82 Å². The van der Waals surface area contributed by atoms with Crippen LogP contribution in [-0.4, -0.2) is 34.2 Å². The van der Waals surface area contributed by atoms with Crippen LogP contribution >= 0.6 is 0 Å². The number of nitrogens with zero attached hydrogens (tertiary/aromatic N) is 3. The number of piperidine rings is 1. The summed E-state index contributed by atoms with van der Waals surface area (Å²) in [5.74, 6) is 0.813. The Bertz CT molecular complexity index is 943. The third-order valence-electron chi connectivity index (χ3n) is 5.10. The molecule has 7 heteroatoms. The van der Waals surface area contributed by atoms with Crippen molar-refractivity contribution in [3.63, 3.8) is 0 Å². The fourth-order valence-electron chi connectivity index (χ4n) is 3.53. The molecule has 1 aromatic heterocycles. The topological polar surface area (TPSA) is 71.3 Å². The summed E-state index contributed by atoms with van der Waals surface area (Å²) in [6, 6.07) is 16.0. The minimum atomic E-state index is -0.271. The Hall–Kier alpha value is -3.22. The second-order valence-electron chi connectivity index (χ2n) is 7.27. The molecule has 29 heavy (non-hydrogen) atoms. The quantitative estimate of drug-likeness (QED) is 0.713. The average molecular weight is 394 g/mol. The van der Waals surface area contributed by atoms with Gasteiger partial charge in [0.15, 0.2) is 0 Å². The Morgan fingerprint density at radius 1 is 1.10 bits per heavy atom. The smallest absolute Gasteiger partial charge is 0.317 e. The Morgan fingerprint density at radius 3 is 2.69 bits per heavy atom. The SMILES string of the molecule is O=C(NCc1ccccc1)N1CCCC(c2nnc(Cc3ccc(F)cc3)o2)C1. The summed E-state index contributed by atoms with van der Waals surface area (Å²) in [5.41, 5.74) is 1.98. The van der Waals surface area contributed by atoms with E-state index < -0.39 is 0 Å². The first-order valence-corrected chi connectivity index (χ1v) is 9.81. The van der Waals surface area contributed by atoms with Gasteiger partial charge in [-0.3, -0.25) is 0 Å². The third-order valence-corrected chi connectivity index (χ3v) is 5.10. The predicted octanol–water partition coefficient (Wildman–Crippen LogP) is 3.89. The van der Waals surface area contributed by atoms with E-state index in [1.54, 1.807) is 17.0 Å². The van der Waals surface area contributed by atoms with Gasteiger partial charge < -0.3 is 14.6 Å². The average Bonchev–Trinajstić information content (AvgIpc) is 3.23. The number of hydrogen-bond donors (Lipinski definition) is 1. The van der Waals surface area contributed by atoms with Crippen molar-refractivity contribution in [2.24, 2.45) is 0 Å². The van der Waals surface area contributed by atoms with Gasteiger partial charge in [-0.05, 0) is 36.1 Å². The third kappa shape index (κ3) is 4.99. The number of carbonyl (C=O) groups is 1. The molecule has 2 aromatic carbocycles. The molecule has 1 saturated heterocycles. The molecule has 4 rings (SSSR count). The minimum absolute atomic E-state index is 0.0284. The lowest BCUT2D eigenvalue weighted by atomic mass is 9.98. The van der Waals surface area contributed by atoms with E-state index in [-0.39, 0.29) is 17.8 Å². The maximum atomic E-state index is 13.0. The number of aromatic nitrogens is 2. The lowest BCUT2D eigenvalue weighted by Crippen LogP contribution is -2.44. The van der Waals surface area contributed by atoms with Crippen molar-refractivity contribution in [2.45, 2.75) is 31.7 Å². The molecule has 1 unspecified atom stereocenters. The van der Waals surface area contributed by atoms with Crippen LogP contribution in [0, 0.1) is 5.82 Å². The first-order chi connectivity index (χ1) is 14.2. The van der Waals surface area contributed by atoms with Crippen LogP contribution in [0.4, 0.5) is 9.18 Å². The molecule has 0 bridgehead atoms. The number of amides is 2. The van der Waals surface area contributed by atoms with Crippen LogP contribution in [0.15, 0.2) is 59.0 Å². The first-order valence-electron chi connectivity index (χ1n) is 9.81. The van der Waals surface area contributed by atoms with E-state index in [9.17, 15) is 9.18 Å². The fourth-order valence-corrected chi connectivity index (χ4v) is 3.53. The van der Waals surface area contributed by atoms with E-state index in [1.807, 2.05) is 30.3 Å². The zero-order chi connectivity index (χ0) is 20.1. The zero-order valence-electron chi connectivity index (χ0n) is 16.1. The van der Waals surface area contributed by atoms with Crippen LogP contribution in [0.2, 0.25) is 0 Å². The van der Waals surface area contributed by atoms with E-state index in [2.05, 4.69) is 15.5 Å². The van der Waals surface area contributed by atoms with Gasteiger partial charge in [0.05, 0.1) is 12.3 Å². The highest BCUT2D eigenvalue weighted by Gasteiger charge is 2.28. The van der Waals surface area contributed by atoms with Gasteiger partial charge in [-0.25, -0.2) is 9.18 Å². The van der Waals surface area contributed by atoms with Crippen molar-refractivity contribution in [1.29, 1.82) is 0 Å². The molecule has 0 radical (unpaired) electrons. The molecular formula is C22H23FN4O2. The number of hydrogen-bond acceptors (Lipinski definition) is 4. The fraction of sp³-hybridized carbons (Fsp3) is 0.318. The van der Waals surface area contributed by atoms with Crippen LogP contribution < -0.4 is 5.32 Å². The number of rotatable bonds is 5. The lowest BCUT2D eigenvalue weighted by Gasteiger charge is -2.31. The van der Waals surface area contributed by atoms with Crippen LogP contribution in [-0.2, 0) is 13.0 Å². The largest absolute Gasteiger partial charge is 0.425 e. The molecule has 1 atom stereocenters. The molecular weight excluding hydrogens is 371 g/mol. The molecule has 3 aromatic rings. The Morgan fingerprint density at radius 2 is 1.90 bits per heavy atom. The maximum absolute atomic E-state index is 13.0. The molecule has 1 aliphatic rings. The van der Waals surface area contributed by atoms with Crippen LogP contribution in [0.1, 0.15) is 41.7 Å². The van der Waals surface area contributed by atoms with Crippen molar-refractivity contribution < 1.29 is 13.6 Å². The molecule has 6 nitrogen and oxygen atoms in total. The number of halogens is 1. The van der Waals surface area contributed by atoms with Crippen LogP contribution in [0.25, 0.3) is 0 Å². The number of likely N-dealkylation sites (tertiary alicyclic amines) is 1. The van der Waals surface area contributed by atoms with Crippen molar-refractivity contribution in [3.8, 4) is 0 Å². The summed E-state index contributed by atoms with van der Waals surface area (Å²) in [7, 11) is 0. The second-order valence-corrected chi connectivity index (χ2v) is 7.27. The summed E-state index contributed by atoms with van der Waals surface area (Å²) in [6.07, 6.45) is 2.25. The summed E-state index contributed by atoms with van der Waals surface area (Å²) in [6.45, 7) is 1.77. The van der Waals surface area contributed by atoms with Crippen molar-refractivity contribution in [3.05, 3.63) is 83.3 Å². The minimum Gasteiger partial charge on any atom is -0.425 e. The second kappa shape index (κ2) is 8.86. The number of urea groups is 1. The summed E-state index contributed by atoms with van der Waals surface area (Å²) in [5, 5.41) is 11.3. The molecule has 0 saturated carbocycles. The van der Waals surface area contributed by atoms with Gasteiger partial charge in [-0.15, -0.1) is 10.2 Å². The molecule has 0 spiro atoms. The van der Waals surface area contributed by atoms with E-state index >= 15 is 0 Å². The van der Waals surface area contributed by atoms with Crippen LogP contribution in [0.3, 0.4) is 0 Å². The van der Waals surface area contributed by atoms with Crippen molar-refractivity contribution in [1.82, 2.24) is 20.4 Å². The van der Waals surface area contributed by atoms with E-state index in [0.29, 0.717) is 37.8 Å². The van der Waals surface area contributed by atoms with Gasteiger partial charge in [-0.1, -0.05) is 42.5 Å². The predicted molar refractivity (Wildman–Crippen MR) is 106 cm³/mol. The van der Waals surface area contributed by atoms with Crippen LogP contribution in [0.5, 0.6) is 0 Å². The first kappa shape index (κ1) is 19.1. The zero-order valence-corrected chi connectivity index (χ0v) is 16.1. The van der Waals surface area contributed by atoms with Gasteiger partial charge in [0.2, 0.25) is 11.8 Å². The highest BCUT2D eigenvalue weighted by atomic mass is 19.1. The summed E-state index contributed by atoms with van der Waals surface area (Å²) < 4.78 is 18.9. The molecule has 1 N–H and O–H groups in total.